The van der Waals surface area contributed by atoms with Crippen molar-refractivity contribution in [3.63, 3.8) is 0 Å². The lowest BCUT2D eigenvalue weighted by atomic mass is 9.94. The fourth-order valence-electron chi connectivity index (χ4n) is 2.06. The SMILES string of the molecule is Cc1ccc(C(F)(F)F)c(-c2cc(Cl)c(Cl)cc2C)c1. The second-order valence-electron chi connectivity index (χ2n) is 4.63. The smallest absolute Gasteiger partial charge is 0.166 e. The van der Waals surface area contributed by atoms with Crippen molar-refractivity contribution in [2.24, 2.45) is 0 Å². The Morgan fingerprint density at radius 1 is 0.850 bits per heavy atom. The van der Waals surface area contributed by atoms with Gasteiger partial charge in [0.25, 0.3) is 0 Å². The predicted molar refractivity (Wildman–Crippen MR) is 76.4 cm³/mol. The van der Waals surface area contributed by atoms with E-state index in [0.717, 1.165) is 11.6 Å². The molecule has 0 unspecified atom stereocenters. The summed E-state index contributed by atoms with van der Waals surface area (Å²) in [4.78, 5) is 0. The lowest BCUT2D eigenvalue weighted by Gasteiger charge is -2.16. The number of alkyl halides is 3. The molecule has 0 saturated carbocycles. The summed E-state index contributed by atoms with van der Waals surface area (Å²) in [7, 11) is 0. The summed E-state index contributed by atoms with van der Waals surface area (Å²) in [5.41, 5.74) is 1.28. The number of benzene rings is 2. The average molecular weight is 319 g/mol. The third kappa shape index (κ3) is 2.94. The summed E-state index contributed by atoms with van der Waals surface area (Å²) >= 11 is 11.8. The molecule has 0 atom stereocenters. The molecule has 0 aromatic heterocycles. The molecule has 0 nitrogen and oxygen atoms in total. The third-order valence-electron chi connectivity index (χ3n) is 3.04. The molecule has 0 amide bonds. The largest absolute Gasteiger partial charge is 0.417 e. The van der Waals surface area contributed by atoms with Gasteiger partial charge in [-0.15, -0.1) is 0 Å². The van der Waals surface area contributed by atoms with E-state index in [1.807, 2.05) is 0 Å². The van der Waals surface area contributed by atoms with Gasteiger partial charge in [0, 0.05) is 0 Å². The monoisotopic (exact) mass is 318 g/mol. The molecule has 0 aliphatic heterocycles. The Hall–Kier alpha value is -1.19. The molecule has 20 heavy (non-hydrogen) atoms. The normalized spacial score (nSPS) is 11.8. The van der Waals surface area contributed by atoms with Gasteiger partial charge >= 0.3 is 6.18 Å². The van der Waals surface area contributed by atoms with Crippen LogP contribution in [0.4, 0.5) is 13.2 Å². The van der Waals surface area contributed by atoms with Gasteiger partial charge in [-0.05, 0) is 48.7 Å². The van der Waals surface area contributed by atoms with Gasteiger partial charge < -0.3 is 0 Å². The van der Waals surface area contributed by atoms with Crippen LogP contribution in [-0.4, -0.2) is 0 Å². The molecule has 2 aromatic carbocycles. The Bertz CT molecular complexity index is 661. The van der Waals surface area contributed by atoms with Gasteiger partial charge in [-0.25, -0.2) is 0 Å². The Morgan fingerprint density at radius 3 is 2.05 bits per heavy atom. The summed E-state index contributed by atoms with van der Waals surface area (Å²) in [5, 5.41) is 0.566. The highest BCUT2D eigenvalue weighted by molar-refractivity contribution is 6.42. The highest BCUT2D eigenvalue weighted by atomic mass is 35.5. The molecule has 0 aliphatic rings. The van der Waals surface area contributed by atoms with E-state index in [1.165, 1.54) is 18.2 Å². The van der Waals surface area contributed by atoms with Crippen LogP contribution < -0.4 is 0 Å². The van der Waals surface area contributed by atoms with E-state index in [-0.39, 0.29) is 10.6 Å². The van der Waals surface area contributed by atoms with Crippen molar-refractivity contribution in [2.45, 2.75) is 20.0 Å². The van der Waals surface area contributed by atoms with Gasteiger partial charge in [-0.2, -0.15) is 13.2 Å². The molecule has 2 rings (SSSR count). The van der Waals surface area contributed by atoms with Gasteiger partial charge in [0.15, 0.2) is 0 Å². The van der Waals surface area contributed by atoms with E-state index < -0.39 is 11.7 Å². The minimum absolute atomic E-state index is 0.119. The molecule has 0 spiro atoms. The number of rotatable bonds is 1. The summed E-state index contributed by atoms with van der Waals surface area (Å²) in [6, 6.07) is 7.09. The average Bonchev–Trinajstić information content (AvgIpc) is 2.32. The van der Waals surface area contributed by atoms with E-state index in [0.29, 0.717) is 16.1 Å². The van der Waals surface area contributed by atoms with Crippen molar-refractivity contribution in [3.05, 3.63) is 57.1 Å². The zero-order valence-corrected chi connectivity index (χ0v) is 12.3. The summed E-state index contributed by atoms with van der Waals surface area (Å²) < 4.78 is 39.4. The molecule has 2 aromatic rings. The molecule has 0 fully saturated rings. The molecule has 106 valence electrons. The fraction of sp³-hybridized carbons (Fsp3) is 0.200. The van der Waals surface area contributed by atoms with Crippen molar-refractivity contribution in [1.82, 2.24) is 0 Å². The summed E-state index contributed by atoms with van der Waals surface area (Å²) in [6.45, 7) is 3.45. The first kappa shape index (κ1) is 15.2. The number of halogens is 5. The zero-order chi connectivity index (χ0) is 15.1. The maximum absolute atomic E-state index is 13.1. The minimum atomic E-state index is -4.42. The molecule has 0 bridgehead atoms. The Morgan fingerprint density at radius 2 is 1.45 bits per heavy atom. The van der Waals surface area contributed by atoms with Crippen LogP contribution in [0.1, 0.15) is 16.7 Å². The predicted octanol–water partition coefficient (Wildman–Crippen LogP) is 6.30. The van der Waals surface area contributed by atoms with Crippen LogP contribution in [0.2, 0.25) is 10.0 Å². The van der Waals surface area contributed by atoms with Crippen molar-refractivity contribution in [1.29, 1.82) is 0 Å². The Balaban J connectivity index is 2.75. The van der Waals surface area contributed by atoms with E-state index in [2.05, 4.69) is 0 Å². The first-order valence-corrected chi connectivity index (χ1v) is 6.59. The van der Waals surface area contributed by atoms with Crippen LogP contribution in [0.3, 0.4) is 0 Å². The van der Waals surface area contributed by atoms with E-state index in [4.69, 9.17) is 23.2 Å². The number of aryl methyl sites for hydroxylation is 2. The van der Waals surface area contributed by atoms with Crippen molar-refractivity contribution < 1.29 is 13.2 Å². The van der Waals surface area contributed by atoms with Gasteiger partial charge in [-0.1, -0.05) is 40.9 Å². The maximum atomic E-state index is 13.1. The molecule has 0 heterocycles. The molecular formula is C15H11Cl2F3. The van der Waals surface area contributed by atoms with Gasteiger partial charge in [0.05, 0.1) is 15.6 Å². The van der Waals surface area contributed by atoms with E-state index in [1.54, 1.807) is 19.9 Å². The molecular weight excluding hydrogens is 308 g/mol. The first-order valence-electron chi connectivity index (χ1n) is 5.84. The van der Waals surface area contributed by atoms with Crippen molar-refractivity contribution >= 4 is 23.2 Å². The second-order valence-corrected chi connectivity index (χ2v) is 5.44. The fourth-order valence-corrected chi connectivity index (χ4v) is 2.45. The standard InChI is InChI=1S/C15H11Cl2F3/c1-8-3-4-12(15(18,19)20)11(5-8)10-7-14(17)13(16)6-9(10)2/h3-7H,1-2H3. The van der Waals surface area contributed by atoms with Crippen LogP contribution in [0.5, 0.6) is 0 Å². The quantitative estimate of drug-likeness (QED) is 0.579. The lowest BCUT2D eigenvalue weighted by Crippen LogP contribution is -2.07. The maximum Gasteiger partial charge on any atom is 0.417 e. The van der Waals surface area contributed by atoms with Crippen LogP contribution >= 0.6 is 23.2 Å². The van der Waals surface area contributed by atoms with Gasteiger partial charge in [0.1, 0.15) is 0 Å². The molecule has 0 radical (unpaired) electrons. The molecule has 0 N–H and O–H groups in total. The zero-order valence-electron chi connectivity index (χ0n) is 10.8. The number of hydrogen-bond donors (Lipinski definition) is 0. The topological polar surface area (TPSA) is 0 Å². The highest BCUT2D eigenvalue weighted by Gasteiger charge is 2.33. The molecule has 0 aliphatic carbocycles. The molecule has 0 saturated heterocycles. The van der Waals surface area contributed by atoms with E-state index in [9.17, 15) is 13.2 Å². The van der Waals surface area contributed by atoms with Crippen LogP contribution in [-0.2, 0) is 6.18 Å². The summed E-state index contributed by atoms with van der Waals surface area (Å²) in [5.74, 6) is 0. The van der Waals surface area contributed by atoms with Crippen molar-refractivity contribution in [3.8, 4) is 11.1 Å². The van der Waals surface area contributed by atoms with Gasteiger partial charge in [0.2, 0.25) is 0 Å². The Kier molecular flexibility index (Phi) is 4.03. The third-order valence-corrected chi connectivity index (χ3v) is 3.76. The van der Waals surface area contributed by atoms with Crippen LogP contribution in [0, 0.1) is 13.8 Å². The van der Waals surface area contributed by atoms with Crippen molar-refractivity contribution in [2.75, 3.05) is 0 Å². The lowest BCUT2D eigenvalue weighted by molar-refractivity contribution is -0.137. The summed E-state index contributed by atoms with van der Waals surface area (Å²) in [6.07, 6.45) is -4.42. The van der Waals surface area contributed by atoms with Crippen LogP contribution in [0.25, 0.3) is 11.1 Å². The first-order chi connectivity index (χ1) is 9.20. The second kappa shape index (κ2) is 5.30. The highest BCUT2D eigenvalue weighted by Crippen LogP contribution is 2.40. The molecule has 5 heteroatoms. The van der Waals surface area contributed by atoms with Gasteiger partial charge in [-0.3, -0.25) is 0 Å². The Labute approximate surface area is 125 Å². The minimum Gasteiger partial charge on any atom is -0.166 e. The van der Waals surface area contributed by atoms with E-state index >= 15 is 0 Å². The van der Waals surface area contributed by atoms with Crippen LogP contribution in [0.15, 0.2) is 30.3 Å². The number of hydrogen-bond acceptors (Lipinski definition) is 0.